The molecule has 85 heavy (non-hydrogen) atoms. The number of likely N-dealkylation sites (tertiary alicyclic amines) is 1. The minimum absolute atomic E-state index is 0.000777. The van der Waals surface area contributed by atoms with Crippen LogP contribution >= 0.6 is 0 Å². The largest absolute Gasteiger partial charge is 0.391 e. The third-order valence-corrected chi connectivity index (χ3v) is 13.3. The van der Waals surface area contributed by atoms with Gasteiger partial charge in [0, 0.05) is 39.6 Å². The highest BCUT2D eigenvalue weighted by Crippen LogP contribution is 2.18. The van der Waals surface area contributed by atoms with E-state index in [-0.39, 0.29) is 133 Å². The van der Waals surface area contributed by atoms with Gasteiger partial charge in [0.15, 0.2) is 23.8 Å². The molecular formula is C50H96N24O11. The van der Waals surface area contributed by atoms with Crippen LogP contribution in [0.25, 0.3) is 0 Å². The molecule has 0 spiro atoms. The number of aliphatic hydroxyl groups excluding tert-OH is 1. The van der Waals surface area contributed by atoms with Gasteiger partial charge in [0.1, 0.15) is 54.4 Å². The molecular weight excluding hydrogens is 1110 g/mol. The molecule has 31 N–H and O–H groups in total. The Labute approximate surface area is 495 Å². The lowest BCUT2D eigenvalue weighted by molar-refractivity contribution is -0.138. The molecule has 0 radical (unpaired) electrons. The van der Waals surface area contributed by atoms with E-state index in [4.69, 9.17) is 63.1 Å². The molecule has 0 aliphatic carbocycles. The van der Waals surface area contributed by atoms with Crippen LogP contribution in [0.1, 0.15) is 124 Å². The van der Waals surface area contributed by atoms with Gasteiger partial charge in [-0.25, -0.2) is 0 Å². The molecule has 0 aromatic heterocycles. The number of nitrogens with zero attached hydrogens (tertiary/aromatic N) is 5. The summed E-state index contributed by atoms with van der Waals surface area (Å²) in [6, 6.07) is -11.9. The number of nitrogens with one attached hydrogen (secondary N) is 8. The number of carbonyl (C=O) groups is 10. The highest BCUT2D eigenvalue weighted by atomic mass is 16.3. The maximum atomic E-state index is 14.5. The number of hydrogen-bond acceptors (Lipinski definition) is 17. The Bertz CT molecular complexity index is 2310. The molecule has 1 aliphatic heterocycles. The third-order valence-electron chi connectivity index (χ3n) is 13.3. The molecule has 1 heterocycles. The number of nitrogens with two attached hydrogens (primary N) is 11. The molecule has 1 aliphatic rings. The number of hydrogen-bond donors (Lipinski definition) is 20. The summed E-state index contributed by atoms with van der Waals surface area (Å²) in [7, 11) is 0. The van der Waals surface area contributed by atoms with E-state index in [0.717, 1.165) is 0 Å². The van der Waals surface area contributed by atoms with Gasteiger partial charge in [-0.3, -0.25) is 67.9 Å². The lowest BCUT2D eigenvalue weighted by Gasteiger charge is -2.28. The molecule has 10 atom stereocenters. The van der Waals surface area contributed by atoms with Gasteiger partial charge in [-0.2, -0.15) is 0 Å². The smallest absolute Gasteiger partial charge is 0.243 e. The van der Waals surface area contributed by atoms with Crippen molar-refractivity contribution in [3.05, 3.63) is 0 Å². The maximum absolute atomic E-state index is 14.5. The standard InChI is InChI=1S/C50H96N24O11/c1-27(66-46(85)36-19-12-26-74(36)29(3)76)39(78)67-32(15-8-22-62-47(54)55)42(81)70-34(17-10-24-64-49(58)59)44(83)71-33(16-9-23-63-48(56)57)43(82)69-30(13-4-6-20-51)40(79)68-31(14-5-7-21-52)41(80)72-35(18-11-25-65-50(60)61)45(84)73-37(28(2)75)38(53)77/h27-28,30-37,75H,4-26,51-52H2,1-3H3,(H2,53,77)(H,66,85)(H,67,78)(H,68,79)(H,69,82)(H,70,81)(H,71,83)(H,72,80)(H,73,84)(H4,54,55,62)(H4,56,57,63)(H4,58,59,64)(H4,60,61,65)/t27-,28+,30-,31-,32-,33-,34-,35-,36+,37-/m0/s1. The highest BCUT2D eigenvalue weighted by molar-refractivity contribution is 5.98. The number of aliphatic imine (C=N–C) groups is 4. The Morgan fingerprint density at radius 1 is 0.447 bits per heavy atom. The van der Waals surface area contributed by atoms with Gasteiger partial charge in [0.05, 0.1) is 6.10 Å². The van der Waals surface area contributed by atoms with Gasteiger partial charge in [-0.1, -0.05) is 0 Å². The van der Waals surface area contributed by atoms with Gasteiger partial charge in [0.25, 0.3) is 0 Å². The molecule has 1 fully saturated rings. The summed E-state index contributed by atoms with van der Waals surface area (Å²) in [5, 5.41) is 31.0. The zero-order chi connectivity index (χ0) is 64.2. The van der Waals surface area contributed by atoms with Crippen LogP contribution in [0.5, 0.6) is 0 Å². The Hall–Kier alpha value is -8.34. The molecule has 0 aromatic rings. The predicted octanol–water partition coefficient (Wildman–Crippen LogP) is -8.77. The van der Waals surface area contributed by atoms with Crippen molar-refractivity contribution in [3.63, 3.8) is 0 Å². The monoisotopic (exact) mass is 1210 g/mol. The molecule has 0 saturated carbocycles. The SMILES string of the molecule is CC(=O)N1CCC[C@@H]1C(=O)N[C@@H](C)C(=O)N[C@@H](CCCN=C(N)N)C(=O)N[C@@H](CCCN=C(N)N)C(=O)N[C@@H](CCCN=C(N)N)C(=O)N[C@@H](CCCCN)C(=O)N[C@@H](CCCCN)C(=O)N[C@@H](CCCN=C(N)N)C(=O)N[C@H](C(N)=O)[C@@H](C)O. The van der Waals surface area contributed by atoms with Gasteiger partial charge in [-0.05, 0) is 130 Å². The number of rotatable bonds is 42. The van der Waals surface area contributed by atoms with E-state index < -0.39 is 114 Å². The Morgan fingerprint density at radius 2 is 0.741 bits per heavy atom. The number of amides is 10. The number of primary amides is 1. The predicted molar refractivity (Wildman–Crippen MR) is 318 cm³/mol. The van der Waals surface area contributed by atoms with Crippen molar-refractivity contribution in [2.75, 3.05) is 45.8 Å². The fraction of sp³-hybridized carbons (Fsp3) is 0.720. The van der Waals surface area contributed by atoms with Crippen LogP contribution in [0.2, 0.25) is 0 Å². The number of guanidine groups is 4. The molecule has 1 saturated heterocycles. The molecule has 35 heteroatoms. The third kappa shape index (κ3) is 30.7. The van der Waals surface area contributed by atoms with Crippen LogP contribution in [0.3, 0.4) is 0 Å². The van der Waals surface area contributed by atoms with Crippen molar-refractivity contribution in [2.45, 2.75) is 184 Å². The molecule has 0 bridgehead atoms. The van der Waals surface area contributed by atoms with E-state index in [2.05, 4.69) is 62.5 Å². The van der Waals surface area contributed by atoms with E-state index in [0.29, 0.717) is 45.1 Å². The van der Waals surface area contributed by atoms with Gasteiger partial charge < -0.3 is 116 Å². The van der Waals surface area contributed by atoms with Crippen LogP contribution < -0.4 is 106 Å². The first-order valence-electron chi connectivity index (χ1n) is 28.4. The summed E-state index contributed by atoms with van der Waals surface area (Å²) in [6.07, 6.45) is 1.01. The average molecular weight is 1210 g/mol. The summed E-state index contributed by atoms with van der Waals surface area (Å²) in [5.74, 6) is -8.89. The van der Waals surface area contributed by atoms with Crippen molar-refractivity contribution in [1.29, 1.82) is 0 Å². The lowest BCUT2D eigenvalue weighted by atomic mass is 10.0. The second-order valence-corrected chi connectivity index (χ2v) is 20.5. The molecule has 0 aromatic carbocycles. The van der Waals surface area contributed by atoms with Crippen LogP contribution in [0.4, 0.5) is 0 Å². The zero-order valence-electron chi connectivity index (χ0n) is 49.2. The summed E-state index contributed by atoms with van der Waals surface area (Å²) in [6.45, 7) is 4.83. The summed E-state index contributed by atoms with van der Waals surface area (Å²) < 4.78 is 0. The quantitative estimate of drug-likeness (QED) is 0.0153. The highest BCUT2D eigenvalue weighted by Gasteiger charge is 2.37. The van der Waals surface area contributed by atoms with E-state index in [9.17, 15) is 53.1 Å². The Balaban J connectivity index is 3.72. The molecule has 0 unspecified atom stereocenters. The van der Waals surface area contributed by atoms with Crippen LogP contribution in [-0.2, 0) is 47.9 Å². The second kappa shape index (κ2) is 40.8. The molecule has 35 nitrogen and oxygen atoms in total. The van der Waals surface area contributed by atoms with Crippen molar-refractivity contribution in [1.82, 2.24) is 47.4 Å². The van der Waals surface area contributed by atoms with Crippen LogP contribution in [0.15, 0.2) is 20.0 Å². The van der Waals surface area contributed by atoms with Gasteiger partial charge >= 0.3 is 0 Å². The van der Waals surface area contributed by atoms with Crippen molar-refractivity contribution in [2.24, 2.45) is 83.0 Å². The summed E-state index contributed by atoms with van der Waals surface area (Å²) in [4.78, 5) is 154. The zero-order valence-corrected chi connectivity index (χ0v) is 49.2. The number of aliphatic hydroxyl groups is 1. The normalized spacial score (nSPS) is 15.8. The first kappa shape index (κ1) is 74.7. The first-order valence-corrected chi connectivity index (χ1v) is 28.4. The van der Waals surface area contributed by atoms with Crippen molar-refractivity contribution >= 4 is 82.9 Å². The minimum Gasteiger partial charge on any atom is -0.391 e. The van der Waals surface area contributed by atoms with Gasteiger partial charge in [0.2, 0.25) is 59.1 Å². The summed E-state index contributed by atoms with van der Waals surface area (Å²) in [5.41, 5.74) is 61.2. The maximum Gasteiger partial charge on any atom is 0.243 e. The number of carbonyl (C=O) groups excluding carboxylic acids is 10. The first-order chi connectivity index (χ1) is 40.1. The topological polar surface area (TPSA) is 626 Å². The summed E-state index contributed by atoms with van der Waals surface area (Å²) >= 11 is 0. The fourth-order valence-electron chi connectivity index (χ4n) is 8.75. The van der Waals surface area contributed by atoms with Crippen molar-refractivity contribution in [3.8, 4) is 0 Å². The van der Waals surface area contributed by atoms with E-state index in [1.54, 1.807) is 0 Å². The second-order valence-electron chi connectivity index (χ2n) is 20.5. The lowest BCUT2D eigenvalue weighted by Crippen LogP contribution is -2.60. The van der Waals surface area contributed by atoms with Crippen molar-refractivity contribution < 1.29 is 53.1 Å². The van der Waals surface area contributed by atoms with E-state index in [1.165, 1.54) is 25.7 Å². The molecule has 10 amide bonds. The van der Waals surface area contributed by atoms with E-state index in [1.807, 2.05) is 0 Å². The Morgan fingerprint density at radius 3 is 1.01 bits per heavy atom. The average Bonchev–Trinajstić information content (AvgIpc) is 4.24. The number of unbranched alkanes of at least 4 members (excludes halogenated alkanes) is 2. The molecule has 482 valence electrons. The minimum atomic E-state index is -1.53. The Kier molecular flexibility index (Phi) is 35.8. The van der Waals surface area contributed by atoms with E-state index >= 15 is 0 Å². The van der Waals surface area contributed by atoms with Gasteiger partial charge in [-0.15, -0.1) is 0 Å². The fourth-order valence-corrected chi connectivity index (χ4v) is 8.75. The van der Waals surface area contributed by atoms with Crippen LogP contribution in [0, 0.1) is 0 Å². The van der Waals surface area contributed by atoms with Crippen LogP contribution in [-0.4, -0.2) is 199 Å². The molecule has 1 rings (SSSR count).